The Morgan fingerprint density at radius 1 is 1.29 bits per heavy atom. The maximum absolute atomic E-state index is 12.1. The molecule has 0 aliphatic heterocycles. The summed E-state index contributed by atoms with van der Waals surface area (Å²) in [4.78, 5) is 0.160. The predicted octanol–water partition coefficient (Wildman–Crippen LogP) is 2.74. The Morgan fingerprint density at radius 2 is 2.06 bits per heavy atom. The van der Waals surface area contributed by atoms with Gasteiger partial charge < -0.3 is 0 Å². The summed E-state index contributed by atoms with van der Waals surface area (Å²) in [5.74, 6) is 0. The van der Waals surface area contributed by atoms with Gasteiger partial charge in [0, 0.05) is 15.1 Å². The van der Waals surface area contributed by atoms with Crippen molar-refractivity contribution in [1.29, 1.82) is 0 Å². The van der Waals surface area contributed by atoms with Crippen molar-refractivity contribution < 1.29 is 8.42 Å². The van der Waals surface area contributed by atoms with Crippen molar-refractivity contribution in [3.63, 3.8) is 0 Å². The molecule has 1 heterocycles. The number of rotatable bonds is 3. The molecular weight excluding hydrogens is 374 g/mol. The molecule has 0 aliphatic carbocycles. The molecule has 0 unspecified atom stereocenters. The number of benzene rings is 1. The quantitative estimate of drug-likeness (QED) is 0.859. The fourth-order valence-electron chi connectivity index (χ4n) is 1.20. The molecule has 0 atom stereocenters. The fourth-order valence-corrected chi connectivity index (χ4v) is 3.74. The number of halogens is 2. The molecule has 5 nitrogen and oxygen atoms in total. The SMILES string of the molecule is O=S(=O)(Nc1cn[nH]c1)c1cc(Br)ccc1Br. The summed E-state index contributed by atoms with van der Waals surface area (Å²) in [5.41, 5.74) is 0.386. The largest absolute Gasteiger partial charge is 0.284 e. The van der Waals surface area contributed by atoms with Gasteiger partial charge in [-0.05, 0) is 34.1 Å². The lowest BCUT2D eigenvalue weighted by Gasteiger charge is -2.08. The van der Waals surface area contributed by atoms with Gasteiger partial charge in [-0.15, -0.1) is 0 Å². The summed E-state index contributed by atoms with van der Waals surface area (Å²) in [7, 11) is -3.62. The average Bonchev–Trinajstić information content (AvgIpc) is 2.73. The Bertz CT molecular complexity index is 626. The van der Waals surface area contributed by atoms with E-state index in [-0.39, 0.29) is 4.90 Å². The molecule has 0 spiro atoms. The van der Waals surface area contributed by atoms with Crippen molar-refractivity contribution in [2.24, 2.45) is 0 Å². The van der Waals surface area contributed by atoms with E-state index < -0.39 is 10.0 Å². The number of hydrogen-bond acceptors (Lipinski definition) is 3. The van der Waals surface area contributed by atoms with Gasteiger partial charge in [0.2, 0.25) is 0 Å². The molecule has 0 saturated heterocycles. The Morgan fingerprint density at radius 3 is 2.71 bits per heavy atom. The van der Waals surface area contributed by atoms with Gasteiger partial charge in [-0.25, -0.2) is 8.42 Å². The second kappa shape index (κ2) is 4.79. The van der Waals surface area contributed by atoms with E-state index in [0.29, 0.717) is 14.6 Å². The molecular formula is C9H7Br2N3O2S. The molecule has 1 aromatic heterocycles. The van der Waals surface area contributed by atoms with Gasteiger partial charge in [-0.3, -0.25) is 9.82 Å². The average molecular weight is 381 g/mol. The van der Waals surface area contributed by atoms with E-state index in [4.69, 9.17) is 0 Å². The molecule has 0 saturated carbocycles. The van der Waals surface area contributed by atoms with Crippen LogP contribution in [0.2, 0.25) is 0 Å². The zero-order valence-electron chi connectivity index (χ0n) is 8.31. The summed E-state index contributed by atoms with van der Waals surface area (Å²) in [6, 6.07) is 4.93. The molecule has 1 aromatic carbocycles. The molecule has 0 fully saturated rings. The summed E-state index contributed by atoms with van der Waals surface area (Å²) in [5, 5.41) is 6.20. The zero-order valence-corrected chi connectivity index (χ0v) is 12.3. The third-order valence-electron chi connectivity index (χ3n) is 1.93. The number of sulfonamides is 1. The lowest BCUT2D eigenvalue weighted by atomic mass is 10.4. The lowest BCUT2D eigenvalue weighted by molar-refractivity contribution is 0.600. The van der Waals surface area contributed by atoms with E-state index >= 15 is 0 Å². The van der Waals surface area contributed by atoms with Crippen molar-refractivity contribution in [1.82, 2.24) is 10.2 Å². The summed E-state index contributed by atoms with van der Waals surface area (Å²) >= 11 is 6.44. The number of H-pyrrole nitrogens is 1. The van der Waals surface area contributed by atoms with Crippen LogP contribution < -0.4 is 4.72 Å². The van der Waals surface area contributed by atoms with E-state index in [9.17, 15) is 8.42 Å². The molecule has 0 amide bonds. The first-order valence-corrected chi connectivity index (χ1v) is 7.52. The molecule has 8 heteroatoms. The summed E-state index contributed by atoms with van der Waals surface area (Å²) in [6.45, 7) is 0. The van der Waals surface area contributed by atoms with Crippen LogP contribution in [-0.4, -0.2) is 18.6 Å². The van der Waals surface area contributed by atoms with Crippen LogP contribution in [0.3, 0.4) is 0 Å². The van der Waals surface area contributed by atoms with E-state index in [1.54, 1.807) is 12.1 Å². The van der Waals surface area contributed by atoms with Crippen molar-refractivity contribution in [3.8, 4) is 0 Å². The van der Waals surface area contributed by atoms with Gasteiger partial charge in [0.1, 0.15) is 4.90 Å². The first-order valence-electron chi connectivity index (χ1n) is 4.46. The Labute approximate surface area is 115 Å². The summed E-state index contributed by atoms with van der Waals surface area (Å²) in [6.07, 6.45) is 2.85. The van der Waals surface area contributed by atoms with E-state index in [1.165, 1.54) is 18.5 Å². The highest BCUT2D eigenvalue weighted by Crippen LogP contribution is 2.27. The number of nitrogens with one attached hydrogen (secondary N) is 2. The standard InChI is InChI=1S/C9H7Br2N3O2S/c10-6-1-2-8(11)9(3-6)17(15,16)14-7-4-12-13-5-7/h1-5,14H,(H,12,13). The molecule has 0 bridgehead atoms. The second-order valence-corrected chi connectivity index (χ2v) is 6.59. The highest BCUT2D eigenvalue weighted by Gasteiger charge is 2.18. The highest BCUT2D eigenvalue weighted by molar-refractivity contribution is 9.11. The summed E-state index contributed by atoms with van der Waals surface area (Å²) < 4.78 is 27.7. The van der Waals surface area contributed by atoms with Crippen LogP contribution in [0.25, 0.3) is 0 Å². The van der Waals surface area contributed by atoms with Crippen LogP contribution in [0.4, 0.5) is 5.69 Å². The number of nitrogens with zero attached hydrogens (tertiary/aromatic N) is 1. The molecule has 90 valence electrons. The predicted molar refractivity (Wildman–Crippen MR) is 71.2 cm³/mol. The second-order valence-electron chi connectivity index (χ2n) is 3.17. The van der Waals surface area contributed by atoms with Gasteiger partial charge in [0.15, 0.2) is 0 Å². The van der Waals surface area contributed by atoms with Crippen LogP contribution >= 0.6 is 31.9 Å². The van der Waals surface area contributed by atoms with Gasteiger partial charge in [0.25, 0.3) is 10.0 Å². The Hall–Kier alpha value is -0.860. The van der Waals surface area contributed by atoms with Gasteiger partial charge in [-0.2, -0.15) is 5.10 Å². The maximum Gasteiger partial charge on any atom is 0.263 e. The minimum atomic E-state index is -3.62. The monoisotopic (exact) mass is 379 g/mol. The van der Waals surface area contributed by atoms with Crippen LogP contribution in [0, 0.1) is 0 Å². The number of anilines is 1. The van der Waals surface area contributed by atoms with Gasteiger partial charge >= 0.3 is 0 Å². The van der Waals surface area contributed by atoms with E-state index in [0.717, 1.165) is 0 Å². The normalized spacial score (nSPS) is 11.4. The third kappa shape index (κ3) is 2.88. The van der Waals surface area contributed by atoms with Crippen LogP contribution in [0.1, 0.15) is 0 Å². The minimum Gasteiger partial charge on any atom is -0.284 e. The third-order valence-corrected chi connectivity index (χ3v) is 4.80. The lowest BCUT2D eigenvalue weighted by Crippen LogP contribution is -2.13. The molecule has 2 rings (SSSR count). The fraction of sp³-hybridized carbons (Fsp3) is 0. The van der Waals surface area contributed by atoms with Crippen LogP contribution in [0.5, 0.6) is 0 Å². The van der Waals surface area contributed by atoms with Crippen molar-refractivity contribution in [2.75, 3.05) is 4.72 Å². The van der Waals surface area contributed by atoms with Crippen LogP contribution in [0.15, 0.2) is 44.4 Å². The molecule has 2 N–H and O–H groups in total. The molecule has 0 radical (unpaired) electrons. The van der Waals surface area contributed by atoms with Crippen molar-refractivity contribution in [2.45, 2.75) is 4.90 Å². The van der Waals surface area contributed by atoms with Gasteiger partial charge in [0.05, 0.1) is 11.9 Å². The van der Waals surface area contributed by atoms with Crippen molar-refractivity contribution in [3.05, 3.63) is 39.5 Å². The Balaban J connectivity index is 2.41. The van der Waals surface area contributed by atoms with E-state index in [1.807, 2.05) is 0 Å². The smallest absolute Gasteiger partial charge is 0.263 e. The van der Waals surface area contributed by atoms with Crippen LogP contribution in [-0.2, 0) is 10.0 Å². The Kier molecular flexibility index (Phi) is 3.55. The highest BCUT2D eigenvalue weighted by atomic mass is 79.9. The molecule has 0 aliphatic rings. The first-order chi connectivity index (χ1) is 7.99. The van der Waals surface area contributed by atoms with Crippen molar-refractivity contribution >= 4 is 47.6 Å². The van der Waals surface area contributed by atoms with Gasteiger partial charge in [-0.1, -0.05) is 15.9 Å². The molecule has 17 heavy (non-hydrogen) atoms. The molecule has 2 aromatic rings. The number of aromatic amines is 1. The zero-order chi connectivity index (χ0) is 12.5. The first kappa shape index (κ1) is 12.6. The minimum absolute atomic E-state index is 0.160. The number of aromatic nitrogens is 2. The number of hydrogen-bond donors (Lipinski definition) is 2. The maximum atomic E-state index is 12.1. The van der Waals surface area contributed by atoms with E-state index in [2.05, 4.69) is 46.8 Å². The topological polar surface area (TPSA) is 74.8 Å².